The first-order chi connectivity index (χ1) is 13.8. The largest absolute Gasteiger partial charge is 0.458 e. The Morgan fingerprint density at radius 2 is 2.10 bits per heavy atom. The average Bonchev–Trinajstić information content (AvgIpc) is 2.88. The Labute approximate surface area is 166 Å². The first kappa shape index (κ1) is 19.7. The summed E-state index contributed by atoms with van der Waals surface area (Å²) in [5.74, 6) is -2.46. The Morgan fingerprint density at radius 3 is 2.72 bits per heavy atom. The molecule has 0 unspecified atom stereocenters. The zero-order valence-electron chi connectivity index (χ0n) is 15.6. The molecule has 0 fully saturated rings. The van der Waals surface area contributed by atoms with E-state index in [4.69, 9.17) is 20.9 Å². The van der Waals surface area contributed by atoms with Crippen molar-refractivity contribution in [3.63, 3.8) is 0 Å². The molecule has 9 heteroatoms. The number of allylic oxidation sites excluding steroid dienone is 1. The summed E-state index contributed by atoms with van der Waals surface area (Å²) in [7, 11) is 0. The van der Waals surface area contributed by atoms with E-state index in [9.17, 15) is 19.6 Å². The number of rotatable bonds is 5. The third kappa shape index (κ3) is 2.73. The van der Waals surface area contributed by atoms with Crippen LogP contribution in [-0.4, -0.2) is 35.8 Å². The third-order valence-corrected chi connectivity index (χ3v) is 4.80. The molecule has 0 saturated carbocycles. The van der Waals surface area contributed by atoms with Crippen LogP contribution in [0.3, 0.4) is 0 Å². The summed E-state index contributed by atoms with van der Waals surface area (Å²) in [6.45, 7) is 4.38. The second-order valence-electron chi connectivity index (χ2n) is 6.40. The minimum Gasteiger partial charge on any atom is -0.458 e. The van der Waals surface area contributed by atoms with Crippen molar-refractivity contribution in [2.75, 3.05) is 13.2 Å². The standard InChI is InChI=1S/C20H18N4O5/c1-3-8-28-18(26)16-11(2)24(10-15(22)25)19(27)20(16)12-6-4-5-7-14(12)29-17(23)13(20)9-21/h3-7H,1,8,10,23H2,2H3,(H2,22,25)/t20-/m1/s1. The lowest BCUT2D eigenvalue weighted by Crippen LogP contribution is -2.48. The van der Waals surface area contributed by atoms with Gasteiger partial charge in [0.2, 0.25) is 17.7 Å². The summed E-state index contributed by atoms with van der Waals surface area (Å²) >= 11 is 0. The Hall–Kier alpha value is -4.06. The van der Waals surface area contributed by atoms with Crippen molar-refractivity contribution in [2.45, 2.75) is 12.3 Å². The molecule has 2 aliphatic rings. The zero-order valence-corrected chi connectivity index (χ0v) is 15.6. The smallest absolute Gasteiger partial charge is 0.337 e. The minimum absolute atomic E-state index is 0.116. The zero-order chi connectivity index (χ0) is 21.3. The van der Waals surface area contributed by atoms with Crippen molar-refractivity contribution < 1.29 is 23.9 Å². The van der Waals surface area contributed by atoms with Crippen molar-refractivity contribution in [3.05, 3.63) is 65.2 Å². The fraction of sp³-hybridized carbons (Fsp3) is 0.200. The summed E-state index contributed by atoms with van der Waals surface area (Å²) in [6.07, 6.45) is 1.37. The molecule has 2 heterocycles. The molecule has 0 bridgehead atoms. The van der Waals surface area contributed by atoms with Gasteiger partial charge in [0.1, 0.15) is 30.5 Å². The summed E-state index contributed by atoms with van der Waals surface area (Å²) in [4.78, 5) is 39.3. The number of nitrogens with zero attached hydrogens (tertiary/aromatic N) is 2. The van der Waals surface area contributed by atoms with Crippen LogP contribution in [0.15, 0.2) is 59.6 Å². The van der Waals surface area contributed by atoms with E-state index in [2.05, 4.69) is 6.58 Å². The van der Waals surface area contributed by atoms with Crippen molar-refractivity contribution in [1.29, 1.82) is 5.26 Å². The van der Waals surface area contributed by atoms with Crippen molar-refractivity contribution in [2.24, 2.45) is 11.5 Å². The monoisotopic (exact) mass is 394 g/mol. The van der Waals surface area contributed by atoms with Gasteiger partial charge < -0.3 is 25.8 Å². The van der Waals surface area contributed by atoms with Crippen LogP contribution in [0.25, 0.3) is 0 Å². The van der Waals surface area contributed by atoms with Crippen LogP contribution in [-0.2, 0) is 24.5 Å². The maximum atomic E-state index is 13.6. The predicted octanol–water partition coefficient (Wildman–Crippen LogP) is 0.341. The molecule has 0 saturated heterocycles. The number of esters is 1. The third-order valence-electron chi connectivity index (χ3n) is 4.80. The highest BCUT2D eigenvalue weighted by atomic mass is 16.5. The molecule has 9 nitrogen and oxygen atoms in total. The Morgan fingerprint density at radius 1 is 1.41 bits per heavy atom. The highest BCUT2D eigenvalue weighted by molar-refractivity contribution is 6.13. The number of para-hydroxylation sites is 1. The van der Waals surface area contributed by atoms with Crippen LogP contribution >= 0.6 is 0 Å². The molecule has 1 aromatic carbocycles. The summed E-state index contributed by atoms with van der Waals surface area (Å²) in [6, 6.07) is 8.30. The van der Waals surface area contributed by atoms with E-state index in [-0.39, 0.29) is 40.6 Å². The lowest BCUT2D eigenvalue weighted by atomic mass is 9.68. The number of amides is 2. The van der Waals surface area contributed by atoms with E-state index < -0.39 is 29.7 Å². The number of carbonyl (C=O) groups is 3. The maximum absolute atomic E-state index is 13.6. The van der Waals surface area contributed by atoms with Gasteiger partial charge in [-0.1, -0.05) is 30.9 Å². The Kier molecular flexibility index (Phi) is 4.86. The number of carbonyl (C=O) groups excluding carboxylic acids is 3. The Balaban J connectivity index is 2.38. The molecule has 2 aliphatic heterocycles. The minimum atomic E-state index is -1.91. The average molecular weight is 394 g/mol. The number of fused-ring (bicyclic) bond motifs is 2. The highest BCUT2D eigenvalue weighted by Crippen LogP contribution is 2.53. The van der Waals surface area contributed by atoms with E-state index in [0.717, 1.165) is 4.90 Å². The maximum Gasteiger partial charge on any atom is 0.337 e. The number of nitrogens with two attached hydrogens (primary N) is 2. The molecule has 1 spiro atoms. The van der Waals surface area contributed by atoms with Gasteiger partial charge in [-0.25, -0.2) is 4.79 Å². The van der Waals surface area contributed by atoms with Crippen LogP contribution in [0, 0.1) is 11.3 Å². The van der Waals surface area contributed by atoms with Gasteiger partial charge in [-0.2, -0.15) is 5.26 Å². The van der Waals surface area contributed by atoms with Gasteiger partial charge in [-0.3, -0.25) is 9.59 Å². The molecule has 3 rings (SSSR count). The molecule has 4 N–H and O–H groups in total. The predicted molar refractivity (Wildman–Crippen MR) is 100 cm³/mol. The number of ether oxygens (including phenoxy) is 2. The van der Waals surface area contributed by atoms with Crippen molar-refractivity contribution in [1.82, 2.24) is 4.90 Å². The van der Waals surface area contributed by atoms with Crippen LogP contribution in [0.5, 0.6) is 5.75 Å². The molecule has 1 aromatic rings. The first-order valence-electron chi connectivity index (χ1n) is 8.58. The van der Waals surface area contributed by atoms with Crippen LogP contribution in [0.4, 0.5) is 0 Å². The normalized spacial score (nSPS) is 20.3. The molecule has 148 valence electrons. The molecule has 29 heavy (non-hydrogen) atoms. The van der Waals surface area contributed by atoms with Gasteiger partial charge in [-0.15, -0.1) is 0 Å². The molecule has 2 amide bonds. The summed E-state index contributed by atoms with van der Waals surface area (Å²) in [5.41, 5.74) is 9.33. The lowest BCUT2D eigenvalue weighted by molar-refractivity contribution is -0.140. The van der Waals surface area contributed by atoms with Crippen LogP contribution < -0.4 is 16.2 Å². The van der Waals surface area contributed by atoms with Gasteiger partial charge in [-0.05, 0) is 13.0 Å². The van der Waals surface area contributed by atoms with Crippen LogP contribution in [0.1, 0.15) is 12.5 Å². The van der Waals surface area contributed by atoms with Gasteiger partial charge >= 0.3 is 5.97 Å². The Bertz CT molecular complexity index is 1050. The summed E-state index contributed by atoms with van der Waals surface area (Å²) in [5, 5.41) is 9.84. The number of benzene rings is 1. The quantitative estimate of drug-likeness (QED) is 0.540. The van der Waals surface area contributed by atoms with Gasteiger partial charge in [0.25, 0.3) is 0 Å². The van der Waals surface area contributed by atoms with Crippen LogP contribution in [0.2, 0.25) is 0 Å². The fourth-order valence-electron chi connectivity index (χ4n) is 3.70. The topological polar surface area (TPSA) is 149 Å². The molecular weight excluding hydrogens is 376 g/mol. The number of hydrogen-bond acceptors (Lipinski definition) is 7. The first-order valence-corrected chi connectivity index (χ1v) is 8.58. The van der Waals surface area contributed by atoms with E-state index in [0.29, 0.717) is 0 Å². The van der Waals surface area contributed by atoms with Crippen molar-refractivity contribution in [3.8, 4) is 11.8 Å². The second-order valence-corrected chi connectivity index (χ2v) is 6.40. The molecule has 0 aromatic heterocycles. The van der Waals surface area contributed by atoms with Crippen molar-refractivity contribution >= 4 is 17.8 Å². The lowest BCUT2D eigenvalue weighted by Gasteiger charge is -2.35. The number of primary amides is 1. The van der Waals surface area contributed by atoms with E-state index >= 15 is 0 Å². The van der Waals surface area contributed by atoms with E-state index in [1.165, 1.54) is 13.0 Å². The van der Waals surface area contributed by atoms with E-state index in [1.54, 1.807) is 24.3 Å². The van der Waals surface area contributed by atoms with E-state index in [1.807, 2.05) is 6.07 Å². The van der Waals surface area contributed by atoms with Gasteiger partial charge in [0.05, 0.1) is 5.57 Å². The fourth-order valence-corrected chi connectivity index (χ4v) is 3.70. The van der Waals surface area contributed by atoms with Gasteiger partial charge in [0.15, 0.2) is 5.41 Å². The molecule has 0 radical (unpaired) electrons. The number of nitriles is 1. The highest BCUT2D eigenvalue weighted by Gasteiger charge is 2.62. The summed E-state index contributed by atoms with van der Waals surface area (Å²) < 4.78 is 10.7. The second kappa shape index (κ2) is 7.16. The van der Waals surface area contributed by atoms with Gasteiger partial charge in [0, 0.05) is 11.3 Å². The molecular formula is C20H18N4O5. The molecule has 0 aliphatic carbocycles. The number of hydrogen-bond donors (Lipinski definition) is 2. The molecule has 1 atom stereocenters. The SMILES string of the molecule is C=CCOC(=O)C1=C(C)N(CC(N)=O)C(=O)[C@]12C(C#N)=C(N)Oc1ccccc12.